The maximum atomic E-state index is 13.3. The molecule has 2 aromatic rings. The van der Waals surface area contributed by atoms with E-state index in [0.717, 1.165) is 30.0 Å². The second-order valence-corrected chi connectivity index (χ2v) is 5.50. The van der Waals surface area contributed by atoms with Crippen LogP contribution in [-0.4, -0.2) is 15.6 Å². The summed E-state index contributed by atoms with van der Waals surface area (Å²) in [6, 6.07) is 5.31. The molecule has 4 heteroatoms. The van der Waals surface area contributed by atoms with Crippen molar-refractivity contribution < 1.29 is 4.39 Å². The molecule has 3 rings (SSSR count). The van der Waals surface area contributed by atoms with Crippen LogP contribution in [-0.2, 0) is 6.54 Å². The highest BCUT2D eigenvalue weighted by molar-refractivity contribution is 5.60. The minimum atomic E-state index is -0.178. The van der Waals surface area contributed by atoms with Gasteiger partial charge >= 0.3 is 0 Å². The van der Waals surface area contributed by atoms with Crippen LogP contribution in [0.4, 0.5) is 4.39 Å². The maximum Gasteiger partial charge on any atom is 0.126 e. The lowest BCUT2D eigenvalue weighted by molar-refractivity contribution is 0.407. The SMILES string of the molecule is Cc1cc(-c2cn3c(n2)C(C)CC(N)C3)ccc1F. The first-order valence-electron chi connectivity index (χ1n) is 6.64. The number of halogens is 1. The molecule has 2 N–H and O–H groups in total. The molecule has 1 aliphatic heterocycles. The van der Waals surface area contributed by atoms with Crippen LogP contribution in [0.25, 0.3) is 11.3 Å². The fraction of sp³-hybridized carbons (Fsp3) is 0.400. The van der Waals surface area contributed by atoms with Crippen LogP contribution in [0.15, 0.2) is 24.4 Å². The third-order valence-corrected chi connectivity index (χ3v) is 3.79. The van der Waals surface area contributed by atoms with Crippen LogP contribution >= 0.6 is 0 Å². The number of fused-ring (bicyclic) bond motifs is 1. The van der Waals surface area contributed by atoms with Gasteiger partial charge in [0.05, 0.1) is 5.69 Å². The van der Waals surface area contributed by atoms with Gasteiger partial charge in [-0.25, -0.2) is 9.37 Å². The predicted octanol–water partition coefficient (Wildman–Crippen LogP) is 2.83. The van der Waals surface area contributed by atoms with Gasteiger partial charge in [-0.3, -0.25) is 0 Å². The Kier molecular flexibility index (Phi) is 2.90. The van der Waals surface area contributed by atoms with Gasteiger partial charge in [0.1, 0.15) is 11.6 Å². The molecule has 0 aliphatic carbocycles. The van der Waals surface area contributed by atoms with E-state index >= 15 is 0 Å². The van der Waals surface area contributed by atoms with E-state index < -0.39 is 0 Å². The van der Waals surface area contributed by atoms with Crippen LogP contribution in [0.1, 0.15) is 30.7 Å². The van der Waals surface area contributed by atoms with Crippen molar-refractivity contribution in [2.45, 2.75) is 38.8 Å². The van der Waals surface area contributed by atoms with Crippen molar-refractivity contribution >= 4 is 0 Å². The summed E-state index contributed by atoms with van der Waals surface area (Å²) in [5, 5.41) is 0. The van der Waals surface area contributed by atoms with Gasteiger partial charge in [-0.2, -0.15) is 0 Å². The summed E-state index contributed by atoms with van der Waals surface area (Å²) in [4.78, 5) is 4.69. The number of rotatable bonds is 1. The topological polar surface area (TPSA) is 43.8 Å². The summed E-state index contributed by atoms with van der Waals surface area (Å²) in [5.41, 5.74) is 8.54. The Bertz CT molecular complexity index is 618. The van der Waals surface area contributed by atoms with Gasteiger partial charge in [-0.05, 0) is 37.1 Å². The van der Waals surface area contributed by atoms with Crippen molar-refractivity contribution in [1.29, 1.82) is 0 Å². The quantitative estimate of drug-likeness (QED) is 0.855. The van der Waals surface area contributed by atoms with Gasteiger partial charge in [0.25, 0.3) is 0 Å². The molecule has 0 amide bonds. The van der Waals surface area contributed by atoms with Crippen molar-refractivity contribution in [3.8, 4) is 11.3 Å². The number of nitrogens with zero attached hydrogens (tertiary/aromatic N) is 2. The van der Waals surface area contributed by atoms with E-state index in [1.807, 2.05) is 12.3 Å². The summed E-state index contributed by atoms with van der Waals surface area (Å²) in [6.07, 6.45) is 3.00. The third-order valence-electron chi connectivity index (χ3n) is 3.79. The smallest absolute Gasteiger partial charge is 0.126 e. The summed E-state index contributed by atoms with van der Waals surface area (Å²) >= 11 is 0. The van der Waals surface area contributed by atoms with Crippen LogP contribution in [0.5, 0.6) is 0 Å². The Morgan fingerprint density at radius 2 is 2.21 bits per heavy atom. The Hall–Kier alpha value is -1.68. The van der Waals surface area contributed by atoms with E-state index in [0.29, 0.717) is 11.5 Å². The molecule has 1 aromatic carbocycles. The first-order chi connectivity index (χ1) is 9.04. The first kappa shape index (κ1) is 12.4. The molecule has 0 spiro atoms. The normalized spacial score (nSPS) is 22.3. The fourth-order valence-electron chi connectivity index (χ4n) is 2.80. The summed E-state index contributed by atoms with van der Waals surface area (Å²) in [7, 11) is 0. The summed E-state index contributed by atoms with van der Waals surface area (Å²) in [6.45, 7) is 4.73. The Labute approximate surface area is 112 Å². The molecule has 0 radical (unpaired) electrons. The molecular formula is C15H18FN3. The van der Waals surface area contributed by atoms with E-state index in [9.17, 15) is 4.39 Å². The molecule has 1 aromatic heterocycles. The zero-order valence-corrected chi connectivity index (χ0v) is 11.2. The van der Waals surface area contributed by atoms with Gasteiger partial charge in [0.15, 0.2) is 0 Å². The van der Waals surface area contributed by atoms with E-state index in [1.54, 1.807) is 13.0 Å². The second kappa shape index (κ2) is 4.46. The zero-order valence-electron chi connectivity index (χ0n) is 11.2. The van der Waals surface area contributed by atoms with Crippen LogP contribution < -0.4 is 5.73 Å². The Morgan fingerprint density at radius 1 is 1.42 bits per heavy atom. The number of hydrogen-bond donors (Lipinski definition) is 1. The van der Waals surface area contributed by atoms with E-state index in [-0.39, 0.29) is 11.9 Å². The molecule has 0 saturated carbocycles. The number of nitrogens with two attached hydrogens (primary N) is 1. The Morgan fingerprint density at radius 3 is 2.95 bits per heavy atom. The molecule has 2 heterocycles. The summed E-state index contributed by atoms with van der Waals surface area (Å²) < 4.78 is 15.4. The standard InChI is InChI=1S/C15H18FN3/c1-9-5-11(3-4-13(9)16)14-8-19-7-12(17)6-10(2)15(19)18-14/h3-5,8,10,12H,6-7,17H2,1-2H3. The Balaban J connectivity index is 2.03. The zero-order chi connectivity index (χ0) is 13.6. The van der Waals surface area contributed by atoms with Crippen LogP contribution in [0.3, 0.4) is 0 Å². The molecule has 0 fully saturated rings. The molecule has 19 heavy (non-hydrogen) atoms. The molecule has 2 atom stereocenters. The summed E-state index contributed by atoms with van der Waals surface area (Å²) in [5.74, 6) is 1.28. The van der Waals surface area contributed by atoms with E-state index in [4.69, 9.17) is 10.7 Å². The number of aryl methyl sites for hydroxylation is 1. The van der Waals surface area contributed by atoms with Crippen molar-refractivity contribution in [2.24, 2.45) is 5.73 Å². The van der Waals surface area contributed by atoms with Crippen molar-refractivity contribution in [2.75, 3.05) is 0 Å². The average molecular weight is 259 g/mol. The van der Waals surface area contributed by atoms with Gasteiger partial charge in [0, 0.05) is 30.3 Å². The molecule has 3 nitrogen and oxygen atoms in total. The van der Waals surface area contributed by atoms with Gasteiger partial charge in [-0.1, -0.05) is 6.92 Å². The predicted molar refractivity (Wildman–Crippen MR) is 73.4 cm³/mol. The maximum absolute atomic E-state index is 13.3. The molecule has 0 bridgehead atoms. The van der Waals surface area contributed by atoms with Gasteiger partial charge in [-0.15, -0.1) is 0 Å². The van der Waals surface area contributed by atoms with Gasteiger partial charge in [0.2, 0.25) is 0 Å². The number of hydrogen-bond acceptors (Lipinski definition) is 2. The number of benzene rings is 1. The highest BCUT2D eigenvalue weighted by atomic mass is 19.1. The molecular weight excluding hydrogens is 241 g/mol. The molecule has 100 valence electrons. The minimum absolute atomic E-state index is 0.178. The van der Waals surface area contributed by atoms with Gasteiger partial charge < -0.3 is 10.3 Å². The minimum Gasteiger partial charge on any atom is -0.332 e. The van der Waals surface area contributed by atoms with Crippen molar-refractivity contribution in [1.82, 2.24) is 9.55 Å². The van der Waals surface area contributed by atoms with Crippen molar-refractivity contribution in [3.63, 3.8) is 0 Å². The molecule has 0 saturated heterocycles. The highest BCUT2D eigenvalue weighted by Crippen LogP contribution is 2.29. The van der Waals surface area contributed by atoms with Crippen molar-refractivity contribution in [3.05, 3.63) is 41.6 Å². The van der Waals surface area contributed by atoms with E-state index in [2.05, 4.69) is 11.5 Å². The molecule has 2 unspecified atom stereocenters. The van der Waals surface area contributed by atoms with E-state index in [1.165, 1.54) is 6.07 Å². The third kappa shape index (κ3) is 2.16. The lowest BCUT2D eigenvalue weighted by Gasteiger charge is -2.25. The largest absolute Gasteiger partial charge is 0.332 e. The lowest BCUT2D eigenvalue weighted by atomic mass is 9.98. The number of imidazole rings is 1. The monoisotopic (exact) mass is 259 g/mol. The van der Waals surface area contributed by atoms with Crippen LogP contribution in [0.2, 0.25) is 0 Å². The second-order valence-electron chi connectivity index (χ2n) is 5.50. The average Bonchev–Trinajstić information content (AvgIpc) is 2.76. The number of aromatic nitrogens is 2. The first-order valence-corrected chi connectivity index (χ1v) is 6.64. The lowest BCUT2D eigenvalue weighted by Crippen LogP contribution is -2.33. The molecule has 1 aliphatic rings. The highest BCUT2D eigenvalue weighted by Gasteiger charge is 2.24. The fourth-order valence-corrected chi connectivity index (χ4v) is 2.80. The van der Waals surface area contributed by atoms with Crippen LogP contribution in [0, 0.1) is 12.7 Å².